The minimum Gasteiger partial charge on any atom is -0.437 e. The number of methoxy groups -OCH3 is 1. The van der Waals surface area contributed by atoms with Crippen molar-refractivity contribution in [3.05, 3.63) is 42.2 Å². The van der Waals surface area contributed by atoms with Crippen molar-refractivity contribution in [1.29, 1.82) is 0 Å². The molecule has 4 nitrogen and oxygen atoms in total. The summed E-state index contributed by atoms with van der Waals surface area (Å²) >= 11 is 0. The molecule has 0 heterocycles. The quantitative estimate of drug-likeness (QED) is 0.438. The van der Waals surface area contributed by atoms with E-state index in [0.29, 0.717) is 5.56 Å². The van der Waals surface area contributed by atoms with Gasteiger partial charge in [-0.25, -0.2) is 14.0 Å². The maximum atomic E-state index is 12.6. The minimum absolute atomic E-state index is 0.0506. The topological polar surface area (TPSA) is 52.6 Å². The Bertz CT molecular complexity index is 422. The molecule has 1 aromatic carbocycles. The van der Waals surface area contributed by atoms with E-state index < -0.39 is 17.9 Å². The predicted molar refractivity (Wildman–Crippen MR) is 53.9 cm³/mol. The predicted octanol–water partition coefficient (Wildman–Crippen LogP) is 2.15. The van der Waals surface area contributed by atoms with Gasteiger partial charge < -0.3 is 9.47 Å². The third-order valence-corrected chi connectivity index (χ3v) is 1.78. The lowest BCUT2D eigenvalue weighted by Gasteiger charge is -2.04. The van der Waals surface area contributed by atoms with Crippen LogP contribution in [0, 0.1) is 5.82 Å². The summed E-state index contributed by atoms with van der Waals surface area (Å²) in [4.78, 5) is 21.9. The number of benzene rings is 1. The Kier molecular flexibility index (Phi) is 3.77. The van der Waals surface area contributed by atoms with E-state index in [-0.39, 0.29) is 5.57 Å². The van der Waals surface area contributed by atoms with E-state index in [4.69, 9.17) is 0 Å². The van der Waals surface area contributed by atoms with Gasteiger partial charge in [0.25, 0.3) is 0 Å². The average Bonchev–Trinajstić information content (AvgIpc) is 2.28. The van der Waals surface area contributed by atoms with Crippen LogP contribution in [-0.4, -0.2) is 19.2 Å². The minimum atomic E-state index is -1.12. The largest absolute Gasteiger partial charge is 0.516 e. The van der Waals surface area contributed by atoms with Gasteiger partial charge >= 0.3 is 12.1 Å². The number of halogens is 1. The van der Waals surface area contributed by atoms with Crippen LogP contribution in [0.3, 0.4) is 0 Å². The second-order valence-corrected chi connectivity index (χ2v) is 2.83. The van der Waals surface area contributed by atoms with E-state index in [1.54, 1.807) is 0 Å². The molecule has 0 spiro atoms. The van der Waals surface area contributed by atoms with Crippen LogP contribution >= 0.6 is 0 Å². The van der Waals surface area contributed by atoms with Gasteiger partial charge in [0.05, 0.1) is 12.7 Å². The van der Waals surface area contributed by atoms with Crippen molar-refractivity contribution >= 4 is 17.7 Å². The highest BCUT2D eigenvalue weighted by Gasteiger charge is 2.15. The number of hydrogen-bond donors (Lipinski definition) is 0. The third kappa shape index (κ3) is 2.91. The van der Waals surface area contributed by atoms with Crippen LogP contribution in [0.4, 0.5) is 9.18 Å². The summed E-state index contributed by atoms with van der Waals surface area (Å²) in [7, 11) is 1.08. The van der Waals surface area contributed by atoms with Crippen LogP contribution in [0.2, 0.25) is 0 Å². The Morgan fingerprint density at radius 2 is 1.81 bits per heavy atom. The molecule has 0 fully saturated rings. The zero-order chi connectivity index (χ0) is 12.1. The summed E-state index contributed by atoms with van der Waals surface area (Å²) in [6.07, 6.45) is -1.12. The highest BCUT2D eigenvalue weighted by atomic mass is 19.1. The Labute approximate surface area is 91.3 Å². The van der Waals surface area contributed by atoms with E-state index in [9.17, 15) is 14.0 Å². The van der Waals surface area contributed by atoms with Crippen molar-refractivity contribution in [2.24, 2.45) is 0 Å². The van der Waals surface area contributed by atoms with Crippen LogP contribution in [-0.2, 0) is 14.3 Å². The van der Waals surface area contributed by atoms with Crippen LogP contribution in [0.15, 0.2) is 30.8 Å². The molecule has 0 aromatic heterocycles. The molecule has 0 saturated carbocycles. The molecule has 5 heteroatoms. The second-order valence-electron chi connectivity index (χ2n) is 2.83. The molecule has 0 unspecified atom stereocenters. The van der Waals surface area contributed by atoms with Crippen molar-refractivity contribution in [2.75, 3.05) is 7.11 Å². The Balaban J connectivity index is 2.74. The fourth-order valence-corrected chi connectivity index (χ4v) is 0.948. The average molecular weight is 224 g/mol. The molecule has 0 saturated heterocycles. The van der Waals surface area contributed by atoms with E-state index in [1.807, 2.05) is 0 Å². The molecule has 0 radical (unpaired) electrons. The molecule has 0 aliphatic carbocycles. The summed E-state index contributed by atoms with van der Waals surface area (Å²) in [5.74, 6) is -1.36. The monoisotopic (exact) mass is 224 g/mol. The van der Waals surface area contributed by atoms with Crippen LogP contribution in [0.1, 0.15) is 5.56 Å². The van der Waals surface area contributed by atoms with Gasteiger partial charge in [-0.1, -0.05) is 18.7 Å². The number of esters is 1. The molecule has 0 aliphatic heterocycles. The van der Waals surface area contributed by atoms with E-state index >= 15 is 0 Å². The maximum Gasteiger partial charge on any atom is 0.516 e. The molecule has 0 atom stereocenters. The summed E-state index contributed by atoms with van der Waals surface area (Å²) in [5, 5.41) is 0. The number of rotatable bonds is 2. The summed E-state index contributed by atoms with van der Waals surface area (Å²) in [6.45, 7) is 3.44. The van der Waals surface area contributed by atoms with Gasteiger partial charge in [0.15, 0.2) is 0 Å². The second kappa shape index (κ2) is 5.06. The highest BCUT2D eigenvalue weighted by molar-refractivity contribution is 6.17. The van der Waals surface area contributed by atoms with E-state index in [2.05, 4.69) is 16.1 Å². The zero-order valence-corrected chi connectivity index (χ0v) is 8.53. The molecular formula is C11H9FO4. The van der Waals surface area contributed by atoms with Gasteiger partial charge in [0, 0.05) is 0 Å². The van der Waals surface area contributed by atoms with Gasteiger partial charge in [0.2, 0.25) is 0 Å². The van der Waals surface area contributed by atoms with E-state index in [0.717, 1.165) is 7.11 Å². The SMILES string of the molecule is C=C(C(=O)OC(=O)OC)c1ccc(F)cc1. The standard InChI is InChI=1S/C11H9FO4/c1-7(10(13)16-11(14)15-2)8-3-5-9(12)6-4-8/h3-6H,1H2,2H3. The van der Waals surface area contributed by atoms with Crippen molar-refractivity contribution < 1.29 is 23.5 Å². The first kappa shape index (κ1) is 11.9. The summed E-state index contributed by atoms with van der Waals surface area (Å²) in [5.41, 5.74) is 0.320. The van der Waals surface area contributed by atoms with Gasteiger partial charge in [-0.15, -0.1) is 0 Å². The zero-order valence-electron chi connectivity index (χ0n) is 8.53. The van der Waals surface area contributed by atoms with E-state index in [1.165, 1.54) is 24.3 Å². The molecule has 0 aliphatic rings. The molecule has 0 amide bonds. The normalized spacial score (nSPS) is 9.38. The molecule has 16 heavy (non-hydrogen) atoms. The third-order valence-electron chi connectivity index (χ3n) is 1.78. The number of hydrogen-bond acceptors (Lipinski definition) is 4. The molecule has 1 rings (SSSR count). The van der Waals surface area contributed by atoms with Crippen molar-refractivity contribution in [1.82, 2.24) is 0 Å². The Hall–Kier alpha value is -2.17. The van der Waals surface area contributed by atoms with Crippen LogP contribution in [0.5, 0.6) is 0 Å². The maximum absolute atomic E-state index is 12.6. The van der Waals surface area contributed by atoms with Crippen LogP contribution < -0.4 is 0 Å². The fourth-order valence-electron chi connectivity index (χ4n) is 0.948. The molecule has 1 aromatic rings. The first-order valence-electron chi connectivity index (χ1n) is 4.29. The Morgan fingerprint density at radius 3 is 2.31 bits per heavy atom. The first-order chi connectivity index (χ1) is 7.54. The van der Waals surface area contributed by atoms with Crippen LogP contribution in [0.25, 0.3) is 5.57 Å². The number of carbonyl (C=O) groups is 2. The van der Waals surface area contributed by atoms with Crippen molar-refractivity contribution in [3.8, 4) is 0 Å². The van der Waals surface area contributed by atoms with Gasteiger partial charge in [-0.2, -0.15) is 0 Å². The molecular weight excluding hydrogens is 215 g/mol. The van der Waals surface area contributed by atoms with Crippen molar-refractivity contribution in [2.45, 2.75) is 0 Å². The number of carbonyl (C=O) groups excluding carboxylic acids is 2. The Morgan fingerprint density at radius 1 is 1.25 bits per heavy atom. The van der Waals surface area contributed by atoms with Gasteiger partial charge in [-0.3, -0.25) is 0 Å². The summed E-state index contributed by atoms with van der Waals surface area (Å²) in [6, 6.07) is 5.06. The highest BCUT2D eigenvalue weighted by Crippen LogP contribution is 2.14. The smallest absolute Gasteiger partial charge is 0.437 e. The number of ether oxygens (including phenoxy) is 2. The molecule has 84 valence electrons. The van der Waals surface area contributed by atoms with Gasteiger partial charge in [-0.05, 0) is 17.7 Å². The van der Waals surface area contributed by atoms with Crippen molar-refractivity contribution in [3.63, 3.8) is 0 Å². The summed E-state index contributed by atoms with van der Waals surface area (Å²) < 4.78 is 21.0. The lowest BCUT2D eigenvalue weighted by atomic mass is 10.1. The lowest BCUT2D eigenvalue weighted by molar-refractivity contribution is -0.132. The first-order valence-corrected chi connectivity index (χ1v) is 4.29. The lowest BCUT2D eigenvalue weighted by Crippen LogP contribution is -2.13. The molecule has 0 N–H and O–H groups in total. The van der Waals surface area contributed by atoms with Gasteiger partial charge in [0.1, 0.15) is 5.82 Å². The molecule has 0 bridgehead atoms. The fraction of sp³-hybridized carbons (Fsp3) is 0.0909.